The molecule has 6 nitrogen and oxygen atoms in total. The second-order valence-corrected chi connectivity index (χ2v) is 5.12. The zero-order chi connectivity index (χ0) is 14.8. The number of nitrogens with two attached hydrogens (primary N) is 1. The van der Waals surface area contributed by atoms with E-state index in [1.54, 1.807) is 4.90 Å². The number of amides is 1. The van der Waals surface area contributed by atoms with Crippen LogP contribution in [0.15, 0.2) is 0 Å². The molecule has 6 heteroatoms. The molecule has 0 bridgehead atoms. The molecule has 0 aromatic carbocycles. The Kier molecular flexibility index (Phi) is 8.19. The summed E-state index contributed by atoms with van der Waals surface area (Å²) in [6.07, 6.45) is 1.53. The summed E-state index contributed by atoms with van der Waals surface area (Å²) in [6, 6.07) is 2.01. The van der Waals surface area contributed by atoms with E-state index in [-0.39, 0.29) is 11.9 Å². The summed E-state index contributed by atoms with van der Waals surface area (Å²) in [7, 11) is 0. The monoisotopic (exact) mass is 282 g/mol. The molecule has 1 rings (SSSR count). The van der Waals surface area contributed by atoms with Crippen molar-refractivity contribution < 1.29 is 9.53 Å². The molecule has 1 aliphatic heterocycles. The highest BCUT2D eigenvalue weighted by Crippen LogP contribution is 2.03. The van der Waals surface area contributed by atoms with Crippen LogP contribution in [0.2, 0.25) is 0 Å². The average molecular weight is 282 g/mol. The predicted octanol–water partition coefficient (Wildman–Crippen LogP) is 0.188. The maximum atomic E-state index is 12.2. The third-order valence-corrected chi connectivity index (χ3v) is 3.60. The predicted molar refractivity (Wildman–Crippen MR) is 77.0 cm³/mol. The van der Waals surface area contributed by atoms with Crippen LogP contribution in [-0.2, 0) is 9.53 Å². The fraction of sp³-hybridized carbons (Fsp3) is 0.857. The summed E-state index contributed by atoms with van der Waals surface area (Å²) < 4.78 is 5.30. The van der Waals surface area contributed by atoms with Crippen LogP contribution in [-0.4, -0.2) is 67.7 Å². The molecule has 0 aliphatic carbocycles. The molecule has 1 fully saturated rings. The third-order valence-electron chi connectivity index (χ3n) is 3.60. The zero-order valence-corrected chi connectivity index (χ0v) is 12.4. The standard InChI is InChI=1S/C14H26N4O2/c1-2-13(16)12-14(19)18(5-3-4-15)7-6-17-8-10-20-11-9-17/h13H,2-3,5-12,16H2,1H3. The van der Waals surface area contributed by atoms with E-state index < -0.39 is 0 Å². The molecule has 0 aromatic heterocycles. The minimum atomic E-state index is -0.0875. The molecule has 0 saturated carbocycles. The van der Waals surface area contributed by atoms with Gasteiger partial charge in [0.05, 0.1) is 25.7 Å². The first kappa shape index (κ1) is 16.9. The summed E-state index contributed by atoms with van der Waals surface area (Å²) in [6.45, 7) is 7.31. The molecule has 114 valence electrons. The van der Waals surface area contributed by atoms with Gasteiger partial charge in [-0.05, 0) is 6.42 Å². The van der Waals surface area contributed by atoms with Crippen LogP contribution in [0, 0.1) is 11.3 Å². The summed E-state index contributed by atoms with van der Waals surface area (Å²) >= 11 is 0. The number of carbonyl (C=O) groups is 1. The average Bonchev–Trinajstić information content (AvgIpc) is 2.48. The van der Waals surface area contributed by atoms with Gasteiger partial charge < -0.3 is 15.4 Å². The van der Waals surface area contributed by atoms with Gasteiger partial charge in [-0.3, -0.25) is 9.69 Å². The van der Waals surface area contributed by atoms with Crippen molar-refractivity contribution in [2.24, 2.45) is 5.73 Å². The Bertz CT molecular complexity index is 324. The molecule has 2 N–H and O–H groups in total. The molecule has 1 unspecified atom stereocenters. The van der Waals surface area contributed by atoms with E-state index in [1.165, 1.54) is 0 Å². The first-order valence-corrected chi connectivity index (χ1v) is 7.37. The number of carbonyl (C=O) groups excluding carboxylic acids is 1. The molecule has 1 heterocycles. The lowest BCUT2D eigenvalue weighted by atomic mass is 10.1. The lowest BCUT2D eigenvalue weighted by Gasteiger charge is -2.30. The fourth-order valence-corrected chi connectivity index (χ4v) is 2.13. The smallest absolute Gasteiger partial charge is 0.224 e. The third kappa shape index (κ3) is 6.33. The van der Waals surface area contributed by atoms with Crippen molar-refractivity contribution in [1.29, 1.82) is 5.26 Å². The van der Waals surface area contributed by atoms with Crippen LogP contribution < -0.4 is 5.73 Å². The number of rotatable bonds is 8. The van der Waals surface area contributed by atoms with Gasteiger partial charge in [0.2, 0.25) is 5.91 Å². The van der Waals surface area contributed by atoms with Crippen molar-refractivity contribution in [2.45, 2.75) is 32.2 Å². The van der Waals surface area contributed by atoms with Crippen molar-refractivity contribution in [1.82, 2.24) is 9.80 Å². The van der Waals surface area contributed by atoms with Gasteiger partial charge in [0.25, 0.3) is 0 Å². The van der Waals surface area contributed by atoms with Gasteiger partial charge in [-0.25, -0.2) is 0 Å². The first-order chi connectivity index (χ1) is 9.67. The number of hydrogen-bond donors (Lipinski definition) is 1. The Morgan fingerprint density at radius 3 is 2.75 bits per heavy atom. The van der Waals surface area contributed by atoms with Crippen molar-refractivity contribution in [3.05, 3.63) is 0 Å². The van der Waals surface area contributed by atoms with E-state index in [9.17, 15) is 4.79 Å². The number of hydrogen-bond acceptors (Lipinski definition) is 5. The fourth-order valence-electron chi connectivity index (χ4n) is 2.13. The topological polar surface area (TPSA) is 82.6 Å². The van der Waals surface area contributed by atoms with Crippen molar-refractivity contribution >= 4 is 5.91 Å². The minimum Gasteiger partial charge on any atom is -0.379 e. The molecule has 0 aromatic rings. The van der Waals surface area contributed by atoms with Gasteiger partial charge in [-0.15, -0.1) is 0 Å². The summed E-state index contributed by atoms with van der Waals surface area (Å²) in [5.41, 5.74) is 5.84. The molecule has 1 amide bonds. The van der Waals surface area contributed by atoms with Crippen LogP contribution >= 0.6 is 0 Å². The van der Waals surface area contributed by atoms with Gasteiger partial charge in [0.15, 0.2) is 0 Å². The summed E-state index contributed by atoms with van der Waals surface area (Å²) in [4.78, 5) is 16.2. The normalized spacial score (nSPS) is 17.4. The lowest BCUT2D eigenvalue weighted by Crippen LogP contribution is -2.44. The number of ether oxygens (including phenoxy) is 1. The van der Waals surface area contributed by atoms with Gasteiger partial charge in [0, 0.05) is 45.2 Å². The maximum absolute atomic E-state index is 12.2. The molecule has 1 saturated heterocycles. The number of morpholine rings is 1. The van der Waals surface area contributed by atoms with Crippen LogP contribution in [0.3, 0.4) is 0 Å². The van der Waals surface area contributed by atoms with E-state index in [1.807, 2.05) is 6.92 Å². The molecular formula is C14H26N4O2. The highest BCUT2D eigenvalue weighted by molar-refractivity contribution is 5.76. The Labute approximate surface area is 121 Å². The van der Waals surface area contributed by atoms with E-state index in [0.717, 1.165) is 39.3 Å². The minimum absolute atomic E-state index is 0.0582. The Morgan fingerprint density at radius 1 is 1.45 bits per heavy atom. The van der Waals surface area contributed by atoms with Crippen LogP contribution in [0.1, 0.15) is 26.2 Å². The largest absolute Gasteiger partial charge is 0.379 e. The molecule has 1 aliphatic rings. The van der Waals surface area contributed by atoms with Crippen molar-refractivity contribution in [3.63, 3.8) is 0 Å². The Hall–Kier alpha value is -1.16. The van der Waals surface area contributed by atoms with Crippen molar-refractivity contribution in [2.75, 3.05) is 45.9 Å². The highest BCUT2D eigenvalue weighted by Gasteiger charge is 2.18. The van der Waals surface area contributed by atoms with Gasteiger partial charge >= 0.3 is 0 Å². The van der Waals surface area contributed by atoms with Crippen LogP contribution in [0.4, 0.5) is 0 Å². The van der Waals surface area contributed by atoms with Crippen LogP contribution in [0.5, 0.6) is 0 Å². The second kappa shape index (κ2) is 9.70. The van der Waals surface area contributed by atoms with Gasteiger partial charge in [0.1, 0.15) is 0 Å². The number of nitriles is 1. The van der Waals surface area contributed by atoms with E-state index in [2.05, 4.69) is 11.0 Å². The molecule has 0 radical (unpaired) electrons. The quantitative estimate of drug-likeness (QED) is 0.687. The lowest BCUT2D eigenvalue weighted by molar-refractivity contribution is -0.131. The molecule has 1 atom stereocenters. The molecule has 20 heavy (non-hydrogen) atoms. The van der Waals surface area contributed by atoms with E-state index in [4.69, 9.17) is 15.7 Å². The SMILES string of the molecule is CCC(N)CC(=O)N(CCC#N)CCN1CCOCC1. The molecular weight excluding hydrogens is 256 g/mol. The zero-order valence-electron chi connectivity index (χ0n) is 12.4. The van der Waals surface area contributed by atoms with E-state index >= 15 is 0 Å². The maximum Gasteiger partial charge on any atom is 0.224 e. The van der Waals surface area contributed by atoms with Crippen molar-refractivity contribution in [3.8, 4) is 6.07 Å². The van der Waals surface area contributed by atoms with Gasteiger partial charge in [-0.2, -0.15) is 5.26 Å². The Balaban J connectivity index is 2.41. The first-order valence-electron chi connectivity index (χ1n) is 7.37. The summed E-state index contributed by atoms with van der Waals surface area (Å²) in [5, 5.41) is 8.70. The van der Waals surface area contributed by atoms with Crippen LogP contribution in [0.25, 0.3) is 0 Å². The summed E-state index contributed by atoms with van der Waals surface area (Å²) in [5.74, 6) is 0.0582. The Morgan fingerprint density at radius 2 is 2.15 bits per heavy atom. The number of nitrogens with zero attached hydrogens (tertiary/aromatic N) is 3. The molecule has 0 spiro atoms. The van der Waals surface area contributed by atoms with Gasteiger partial charge in [-0.1, -0.05) is 6.92 Å². The second-order valence-electron chi connectivity index (χ2n) is 5.12. The van der Waals surface area contributed by atoms with E-state index in [0.29, 0.717) is 25.9 Å². The highest BCUT2D eigenvalue weighted by atomic mass is 16.5.